The van der Waals surface area contributed by atoms with Gasteiger partial charge in [0.1, 0.15) is 24.2 Å². The van der Waals surface area contributed by atoms with Crippen LogP contribution in [0.4, 0.5) is 0 Å². The summed E-state index contributed by atoms with van der Waals surface area (Å²) in [5, 5.41) is 17.9. The summed E-state index contributed by atoms with van der Waals surface area (Å²) >= 11 is 0. The van der Waals surface area contributed by atoms with E-state index in [1.807, 2.05) is 27.7 Å². The predicted octanol–water partition coefficient (Wildman–Crippen LogP) is -0.158. The standard InChI is InChI=1S/C31H50N8O6/c1-18(2)16-22(37-28(42)24-13-9-15-39(24)29(43)25(32)19(3)4)27(41)36-21(12-8-14-35-31(33)34)26(40)38-23(30(44)45)17-20-10-6-5-7-11-20/h5-7,10-11,18-19,21-25H,8-9,12-17,32H2,1-4H3,(H,36,41)(H,37,42)(H,38,40)(H,44,45)(H4,33,34,35)/t21-,22-,23-,24-,25-/m0/s1. The van der Waals surface area contributed by atoms with Crippen molar-refractivity contribution in [3.8, 4) is 0 Å². The van der Waals surface area contributed by atoms with Gasteiger partial charge in [-0.1, -0.05) is 58.0 Å². The number of aliphatic imine (C=N–C) groups is 1. The molecule has 0 radical (unpaired) electrons. The number of carbonyl (C=O) groups excluding carboxylic acids is 4. The lowest BCUT2D eigenvalue weighted by atomic mass is 10.0. The third-order valence-corrected chi connectivity index (χ3v) is 7.66. The van der Waals surface area contributed by atoms with Crippen LogP contribution in [0.3, 0.4) is 0 Å². The molecule has 2 rings (SSSR count). The normalized spacial score (nSPS) is 17.2. The second kappa shape index (κ2) is 17.9. The molecule has 250 valence electrons. The van der Waals surface area contributed by atoms with Crippen molar-refractivity contribution >= 4 is 35.6 Å². The summed E-state index contributed by atoms with van der Waals surface area (Å²) in [6, 6.07) is 3.94. The van der Waals surface area contributed by atoms with Crippen molar-refractivity contribution in [3.05, 3.63) is 35.9 Å². The molecular weight excluding hydrogens is 580 g/mol. The molecule has 5 atom stereocenters. The van der Waals surface area contributed by atoms with Crippen molar-refractivity contribution in [2.45, 2.75) is 96.4 Å². The Morgan fingerprint density at radius 2 is 1.58 bits per heavy atom. The SMILES string of the molecule is CC(C)C[C@H](NC(=O)[C@@H]1CCCN1C(=O)[C@@H](N)C(C)C)C(=O)N[C@@H](CCCN=C(N)N)C(=O)N[C@@H](Cc1ccccc1)C(=O)O. The van der Waals surface area contributed by atoms with E-state index in [1.165, 1.54) is 4.90 Å². The summed E-state index contributed by atoms with van der Waals surface area (Å²) in [7, 11) is 0. The zero-order valence-electron chi connectivity index (χ0n) is 26.7. The number of carbonyl (C=O) groups is 5. The lowest BCUT2D eigenvalue weighted by Crippen LogP contribution is -2.58. The molecule has 0 aliphatic carbocycles. The fraction of sp³-hybridized carbons (Fsp3) is 0.613. The molecule has 10 N–H and O–H groups in total. The average Bonchev–Trinajstić information content (AvgIpc) is 3.47. The van der Waals surface area contributed by atoms with E-state index < -0.39 is 53.9 Å². The van der Waals surface area contributed by atoms with Crippen LogP contribution in [0.2, 0.25) is 0 Å². The van der Waals surface area contributed by atoms with Crippen LogP contribution in [0.1, 0.15) is 65.4 Å². The number of amides is 4. The van der Waals surface area contributed by atoms with Gasteiger partial charge in [0.2, 0.25) is 23.6 Å². The van der Waals surface area contributed by atoms with Gasteiger partial charge in [0.25, 0.3) is 0 Å². The largest absolute Gasteiger partial charge is 0.480 e. The van der Waals surface area contributed by atoms with Crippen LogP contribution in [0.15, 0.2) is 35.3 Å². The number of guanidine groups is 1. The molecule has 1 saturated heterocycles. The van der Waals surface area contributed by atoms with Gasteiger partial charge in [-0.15, -0.1) is 0 Å². The fourth-order valence-corrected chi connectivity index (χ4v) is 5.12. The Kier molecular flexibility index (Phi) is 14.7. The third kappa shape index (κ3) is 12.0. The number of hydrogen-bond donors (Lipinski definition) is 7. The number of aliphatic carboxylic acids is 1. The van der Waals surface area contributed by atoms with E-state index in [4.69, 9.17) is 17.2 Å². The summed E-state index contributed by atoms with van der Waals surface area (Å²) < 4.78 is 0. The summed E-state index contributed by atoms with van der Waals surface area (Å²) in [6.07, 6.45) is 1.78. The Bertz CT molecular complexity index is 1190. The van der Waals surface area contributed by atoms with Gasteiger partial charge in [-0.05, 0) is 49.5 Å². The smallest absolute Gasteiger partial charge is 0.326 e. The number of hydrogen-bond acceptors (Lipinski definition) is 7. The molecular formula is C31H50N8O6. The number of benzene rings is 1. The molecule has 14 nitrogen and oxygen atoms in total. The number of carboxylic acids is 1. The first-order valence-corrected chi connectivity index (χ1v) is 15.5. The molecule has 0 saturated carbocycles. The van der Waals surface area contributed by atoms with Crippen LogP contribution in [-0.2, 0) is 30.4 Å². The summed E-state index contributed by atoms with van der Waals surface area (Å²) in [6.45, 7) is 8.02. The second-order valence-corrected chi connectivity index (χ2v) is 12.2. The highest BCUT2D eigenvalue weighted by atomic mass is 16.4. The van der Waals surface area contributed by atoms with Gasteiger partial charge in [0, 0.05) is 19.5 Å². The minimum absolute atomic E-state index is 0.00636. The Hall–Kier alpha value is -4.20. The van der Waals surface area contributed by atoms with Crippen LogP contribution in [0.25, 0.3) is 0 Å². The molecule has 4 amide bonds. The van der Waals surface area contributed by atoms with E-state index in [0.717, 1.165) is 0 Å². The molecule has 1 fully saturated rings. The highest BCUT2D eigenvalue weighted by molar-refractivity contribution is 5.95. The van der Waals surface area contributed by atoms with Crippen molar-refractivity contribution in [3.63, 3.8) is 0 Å². The summed E-state index contributed by atoms with van der Waals surface area (Å²) in [5.74, 6) is -3.55. The van der Waals surface area contributed by atoms with Crippen molar-refractivity contribution < 1.29 is 29.1 Å². The molecule has 1 aromatic carbocycles. The van der Waals surface area contributed by atoms with Crippen LogP contribution in [-0.4, -0.2) is 88.9 Å². The van der Waals surface area contributed by atoms with E-state index in [-0.39, 0.29) is 49.5 Å². The molecule has 1 heterocycles. The molecule has 0 bridgehead atoms. The van der Waals surface area contributed by atoms with Crippen LogP contribution < -0.4 is 33.2 Å². The van der Waals surface area contributed by atoms with E-state index in [9.17, 15) is 29.1 Å². The van der Waals surface area contributed by atoms with Crippen molar-refractivity contribution in [1.29, 1.82) is 0 Å². The molecule has 1 aliphatic rings. The third-order valence-electron chi connectivity index (χ3n) is 7.66. The Morgan fingerprint density at radius 1 is 0.956 bits per heavy atom. The second-order valence-electron chi connectivity index (χ2n) is 12.2. The van der Waals surface area contributed by atoms with Gasteiger partial charge in [0.05, 0.1) is 6.04 Å². The van der Waals surface area contributed by atoms with E-state index >= 15 is 0 Å². The van der Waals surface area contributed by atoms with Crippen molar-refractivity contribution in [2.75, 3.05) is 13.1 Å². The van der Waals surface area contributed by atoms with Gasteiger partial charge in [-0.3, -0.25) is 24.2 Å². The van der Waals surface area contributed by atoms with Crippen molar-refractivity contribution in [2.24, 2.45) is 34.0 Å². The van der Waals surface area contributed by atoms with Crippen LogP contribution >= 0.6 is 0 Å². The monoisotopic (exact) mass is 630 g/mol. The number of nitrogens with zero attached hydrogens (tertiary/aromatic N) is 2. The number of carboxylic acid groups (broad SMARTS) is 1. The quantitative estimate of drug-likeness (QED) is 0.0687. The van der Waals surface area contributed by atoms with E-state index in [0.29, 0.717) is 31.4 Å². The van der Waals surface area contributed by atoms with Gasteiger partial charge in [-0.2, -0.15) is 0 Å². The number of likely N-dealkylation sites (tertiary alicyclic amines) is 1. The zero-order chi connectivity index (χ0) is 33.7. The highest BCUT2D eigenvalue weighted by Gasteiger charge is 2.38. The first-order valence-electron chi connectivity index (χ1n) is 15.5. The number of nitrogens with one attached hydrogen (secondary N) is 3. The maximum atomic E-state index is 13.6. The summed E-state index contributed by atoms with van der Waals surface area (Å²) in [4.78, 5) is 70.8. The van der Waals surface area contributed by atoms with Gasteiger partial charge in [-0.25, -0.2) is 4.79 Å². The molecule has 0 unspecified atom stereocenters. The zero-order valence-corrected chi connectivity index (χ0v) is 26.7. The van der Waals surface area contributed by atoms with Gasteiger partial charge in [0.15, 0.2) is 5.96 Å². The molecule has 0 spiro atoms. The Morgan fingerprint density at radius 3 is 2.16 bits per heavy atom. The first kappa shape index (κ1) is 37.0. The lowest BCUT2D eigenvalue weighted by Gasteiger charge is -2.30. The maximum absolute atomic E-state index is 13.6. The maximum Gasteiger partial charge on any atom is 0.326 e. The first-order chi connectivity index (χ1) is 21.2. The van der Waals surface area contributed by atoms with Gasteiger partial charge < -0.3 is 43.2 Å². The molecule has 0 aromatic heterocycles. The minimum Gasteiger partial charge on any atom is -0.480 e. The molecule has 45 heavy (non-hydrogen) atoms. The van der Waals surface area contributed by atoms with Crippen molar-refractivity contribution in [1.82, 2.24) is 20.9 Å². The summed E-state index contributed by atoms with van der Waals surface area (Å²) in [5.41, 5.74) is 17.6. The molecule has 1 aliphatic heterocycles. The Labute approximate surface area is 264 Å². The number of nitrogens with two attached hydrogens (primary N) is 3. The average molecular weight is 631 g/mol. The predicted molar refractivity (Wildman–Crippen MR) is 170 cm³/mol. The highest BCUT2D eigenvalue weighted by Crippen LogP contribution is 2.20. The lowest BCUT2D eigenvalue weighted by molar-refractivity contribution is -0.142. The van der Waals surface area contributed by atoms with Crippen LogP contribution in [0.5, 0.6) is 0 Å². The minimum atomic E-state index is -1.24. The fourth-order valence-electron chi connectivity index (χ4n) is 5.12. The van der Waals surface area contributed by atoms with Gasteiger partial charge >= 0.3 is 5.97 Å². The topological polar surface area (TPSA) is 235 Å². The molecule has 14 heteroatoms. The van der Waals surface area contributed by atoms with E-state index in [1.54, 1.807) is 30.3 Å². The Balaban J connectivity index is 2.22. The van der Waals surface area contributed by atoms with E-state index in [2.05, 4.69) is 20.9 Å². The molecule has 1 aromatic rings. The van der Waals surface area contributed by atoms with Crippen LogP contribution in [0, 0.1) is 11.8 Å². The number of rotatable bonds is 17.